The molecule has 1 aromatic heterocycles. The number of ether oxygens (including phenoxy) is 1. The molecule has 0 aliphatic heterocycles. The largest absolute Gasteiger partial charge is 0.494 e. The molecule has 0 radical (unpaired) electrons. The number of aromatic amines is 1. The van der Waals surface area contributed by atoms with Gasteiger partial charge in [0.1, 0.15) is 5.75 Å². The average molecular weight is 307 g/mol. The molecule has 0 aliphatic rings. The highest BCUT2D eigenvalue weighted by molar-refractivity contribution is 6.31. The van der Waals surface area contributed by atoms with E-state index in [2.05, 4.69) is 24.0 Å². The lowest BCUT2D eigenvalue weighted by Gasteiger charge is -2.08. The predicted molar refractivity (Wildman–Crippen MR) is 87.3 cm³/mol. The fourth-order valence-corrected chi connectivity index (χ4v) is 2.54. The summed E-state index contributed by atoms with van der Waals surface area (Å²) in [5, 5.41) is 8.05. The first kappa shape index (κ1) is 15.9. The Bertz CT molecular complexity index is 573. The number of aryl methyl sites for hydroxylation is 3. The topological polar surface area (TPSA) is 37.9 Å². The lowest BCUT2D eigenvalue weighted by Crippen LogP contribution is -1.98. The van der Waals surface area contributed by atoms with Crippen LogP contribution in [-0.2, 0) is 6.42 Å². The molecule has 21 heavy (non-hydrogen) atoms. The fraction of sp³-hybridized carbons (Fsp3) is 0.471. The highest BCUT2D eigenvalue weighted by Gasteiger charge is 2.05. The van der Waals surface area contributed by atoms with Crippen molar-refractivity contribution in [3.8, 4) is 5.75 Å². The minimum absolute atomic E-state index is 0.754. The minimum Gasteiger partial charge on any atom is -0.494 e. The lowest BCUT2D eigenvalue weighted by molar-refractivity contribution is 0.305. The number of halogens is 1. The van der Waals surface area contributed by atoms with Gasteiger partial charge in [0, 0.05) is 10.7 Å². The summed E-state index contributed by atoms with van der Waals surface area (Å²) in [5.41, 5.74) is 4.74. The van der Waals surface area contributed by atoms with Crippen LogP contribution < -0.4 is 4.74 Å². The first-order chi connectivity index (χ1) is 10.1. The number of H-pyrrole nitrogens is 1. The number of aromatic nitrogens is 2. The lowest BCUT2D eigenvalue weighted by atomic mass is 10.1. The van der Waals surface area contributed by atoms with Gasteiger partial charge in [0.25, 0.3) is 0 Å². The van der Waals surface area contributed by atoms with Crippen LogP contribution in [0.3, 0.4) is 0 Å². The van der Waals surface area contributed by atoms with Crippen molar-refractivity contribution in [1.29, 1.82) is 0 Å². The summed E-state index contributed by atoms with van der Waals surface area (Å²) >= 11 is 5.99. The minimum atomic E-state index is 0.754. The second-order valence-corrected chi connectivity index (χ2v) is 5.89. The van der Waals surface area contributed by atoms with E-state index in [-0.39, 0.29) is 0 Å². The molecule has 0 aliphatic carbocycles. The van der Waals surface area contributed by atoms with Crippen LogP contribution in [0.4, 0.5) is 0 Å². The number of nitrogens with one attached hydrogen (secondary N) is 1. The number of nitrogens with zero attached hydrogens (tertiary/aromatic N) is 1. The van der Waals surface area contributed by atoms with Gasteiger partial charge < -0.3 is 4.74 Å². The number of rotatable bonds is 7. The van der Waals surface area contributed by atoms with E-state index < -0.39 is 0 Å². The maximum absolute atomic E-state index is 5.99. The monoisotopic (exact) mass is 306 g/mol. The van der Waals surface area contributed by atoms with E-state index in [4.69, 9.17) is 16.3 Å². The van der Waals surface area contributed by atoms with E-state index in [1.807, 2.05) is 25.1 Å². The van der Waals surface area contributed by atoms with Crippen molar-refractivity contribution in [2.75, 3.05) is 6.61 Å². The Kier molecular flexibility index (Phi) is 5.68. The van der Waals surface area contributed by atoms with E-state index in [1.165, 1.54) is 17.7 Å². The van der Waals surface area contributed by atoms with Crippen LogP contribution >= 0.6 is 11.6 Å². The summed E-state index contributed by atoms with van der Waals surface area (Å²) in [6.07, 6.45) is 4.49. The van der Waals surface area contributed by atoms with Gasteiger partial charge in [-0.1, -0.05) is 11.6 Å². The van der Waals surface area contributed by atoms with Crippen molar-refractivity contribution in [2.24, 2.45) is 0 Å². The van der Waals surface area contributed by atoms with Gasteiger partial charge in [0.05, 0.1) is 12.3 Å². The number of hydrogen-bond acceptors (Lipinski definition) is 2. The molecule has 1 aromatic carbocycles. The Balaban J connectivity index is 1.65. The third-order valence-corrected chi connectivity index (χ3v) is 4.17. The van der Waals surface area contributed by atoms with Crippen LogP contribution in [-0.4, -0.2) is 16.8 Å². The standard InChI is InChI=1S/C17H23ClN2O/c1-12-11-15(8-9-17(12)18)21-10-6-4-5-7-16-13(2)19-20-14(16)3/h8-9,11H,4-7,10H2,1-3H3,(H,19,20). The number of hydrogen-bond donors (Lipinski definition) is 1. The molecule has 2 rings (SSSR count). The van der Waals surface area contributed by atoms with E-state index in [1.54, 1.807) is 0 Å². The fourth-order valence-electron chi connectivity index (χ4n) is 2.42. The number of benzene rings is 1. The maximum atomic E-state index is 5.99. The van der Waals surface area contributed by atoms with Crippen molar-refractivity contribution in [3.05, 3.63) is 45.7 Å². The van der Waals surface area contributed by atoms with Crippen molar-refractivity contribution in [2.45, 2.75) is 46.5 Å². The molecule has 114 valence electrons. The first-order valence-electron chi connectivity index (χ1n) is 7.47. The molecule has 0 unspecified atom stereocenters. The quantitative estimate of drug-likeness (QED) is 0.747. The molecule has 1 N–H and O–H groups in total. The van der Waals surface area contributed by atoms with Gasteiger partial charge in [0.2, 0.25) is 0 Å². The maximum Gasteiger partial charge on any atom is 0.119 e. The van der Waals surface area contributed by atoms with E-state index in [0.717, 1.165) is 47.9 Å². The van der Waals surface area contributed by atoms with Gasteiger partial charge in [-0.3, -0.25) is 5.10 Å². The molecular formula is C17H23ClN2O. The summed E-state index contributed by atoms with van der Waals surface area (Å²) in [4.78, 5) is 0. The Morgan fingerprint density at radius 3 is 2.62 bits per heavy atom. The molecule has 1 heterocycles. The third-order valence-electron chi connectivity index (χ3n) is 3.75. The highest BCUT2D eigenvalue weighted by Crippen LogP contribution is 2.21. The van der Waals surface area contributed by atoms with Crippen LogP contribution in [0.1, 0.15) is 41.8 Å². The van der Waals surface area contributed by atoms with Gasteiger partial charge >= 0.3 is 0 Å². The molecule has 0 fully saturated rings. The van der Waals surface area contributed by atoms with Gasteiger partial charge in [-0.25, -0.2) is 0 Å². The van der Waals surface area contributed by atoms with Crippen molar-refractivity contribution in [3.63, 3.8) is 0 Å². The van der Waals surface area contributed by atoms with Crippen molar-refractivity contribution in [1.82, 2.24) is 10.2 Å². The summed E-state index contributed by atoms with van der Waals surface area (Å²) in [6.45, 7) is 6.89. The molecule has 0 atom stereocenters. The molecule has 4 heteroatoms. The van der Waals surface area contributed by atoms with Crippen LogP contribution in [0.15, 0.2) is 18.2 Å². The SMILES string of the molecule is Cc1cc(OCCCCCc2c(C)n[nH]c2C)ccc1Cl. The molecule has 0 saturated carbocycles. The molecular weight excluding hydrogens is 284 g/mol. The molecule has 2 aromatic rings. The summed E-state index contributed by atoms with van der Waals surface area (Å²) in [6, 6.07) is 5.80. The van der Waals surface area contributed by atoms with Crippen LogP contribution in [0.25, 0.3) is 0 Å². The summed E-state index contributed by atoms with van der Waals surface area (Å²) in [5.74, 6) is 0.901. The van der Waals surface area contributed by atoms with Crippen LogP contribution in [0.2, 0.25) is 5.02 Å². The smallest absolute Gasteiger partial charge is 0.119 e. The van der Waals surface area contributed by atoms with Crippen LogP contribution in [0, 0.1) is 20.8 Å². The zero-order chi connectivity index (χ0) is 15.2. The Morgan fingerprint density at radius 2 is 1.95 bits per heavy atom. The third kappa shape index (κ3) is 4.50. The van der Waals surface area contributed by atoms with E-state index >= 15 is 0 Å². The molecule has 3 nitrogen and oxygen atoms in total. The van der Waals surface area contributed by atoms with Crippen molar-refractivity contribution < 1.29 is 4.74 Å². The normalized spacial score (nSPS) is 10.9. The highest BCUT2D eigenvalue weighted by atomic mass is 35.5. The van der Waals surface area contributed by atoms with E-state index in [0.29, 0.717) is 0 Å². The second kappa shape index (κ2) is 7.51. The average Bonchev–Trinajstić information content (AvgIpc) is 2.77. The van der Waals surface area contributed by atoms with Gasteiger partial charge in [-0.15, -0.1) is 0 Å². The first-order valence-corrected chi connectivity index (χ1v) is 7.85. The summed E-state index contributed by atoms with van der Waals surface area (Å²) < 4.78 is 5.75. The Morgan fingerprint density at radius 1 is 1.14 bits per heavy atom. The van der Waals surface area contributed by atoms with Gasteiger partial charge in [-0.2, -0.15) is 5.10 Å². The van der Waals surface area contributed by atoms with Gasteiger partial charge in [-0.05, 0) is 75.8 Å². The molecule has 0 bridgehead atoms. The second-order valence-electron chi connectivity index (χ2n) is 5.48. The summed E-state index contributed by atoms with van der Waals surface area (Å²) in [7, 11) is 0. The zero-order valence-electron chi connectivity index (χ0n) is 13.0. The predicted octanol–water partition coefficient (Wildman–Crippen LogP) is 4.78. The zero-order valence-corrected chi connectivity index (χ0v) is 13.8. The Labute approximate surface area is 131 Å². The van der Waals surface area contributed by atoms with E-state index in [9.17, 15) is 0 Å². The Hall–Kier alpha value is -1.48. The molecule has 0 spiro atoms. The molecule has 0 saturated heterocycles. The molecule has 0 amide bonds. The van der Waals surface area contributed by atoms with Crippen LogP contribution in [0.5, 0.6) is 5.75 Å². The van der Waals surface area contributed by atoms with Gasteiger partial charge in [0.15, 0.2) is 0 Å². The van der Waals surface area contributed by atoms with Crippen molar-refractivity contribution >= 4 is 11.6 Å². The number of unbranched alkanes of at least 4 members (excludes halogenated alkanes) is 2.